The largest absolute Gasteiger partial charge is 0.342 e. The third-order valence-electron chi connectivity index (χ3n) is 6.33. The Hall–Kier alpha value is -2.89. The Kier molecular flexibility index (Phi) is 5.03. The molecule has 0 radical (unpaired) electrons. The van der Waals surface area contributed by atoms with Crippen molar-refractivity contribution in [1.82, 2.24) is 14.8 Å². The summed E-state index contributed by atoms with van der Waals surface area (Å²) in [5.74, 6) is -0.116. The normalized spacial score (nSPS) is 21.4. The minimum absolute atomic E-state index is 0.151. The number of benzene rings is 1. The zero-order chi connectivity index (χ0) is 20.6. The Morgan fingerprint density at radius 2 is 1.83 bits per heavy atom. The van der Waals surface area contributed by atoms with Crippen LogP contribution in [0.1, 0.15) is 40.0 Å². The van der Waals surface area contributed by atoms with Crippen LogP contribution >= 0.6 is 0 Å². The molecule has 6 nitrogen and oxygen atoms in total. The predicted molar refractivity (Wildman–Crippen MR) is 111 cm³/mol. The highest BCUT2D eigenvalue weighted by Crippen LogP contribution is 2.41. The second kappa shape index (κ2) is 7.50. The van der Waals surface area contributed by atoms with Crippen LogP contribution in [0.2, 0.25) is 0 Å². The molecule has 2 aliphatic rings. The van der Waals surface area contributed by atoms with Crippen molar-refractivity contribution in [1.29, 1.82) is 0 Å². The highest BCUT2D eigenvalue weighted by molar-refractivity contribution is 5.96. The van der Waals surface area contributed by atoms with Crippen LogP contribution in [-0.4, -0.2) is 52.8 Å². The van der Waals surface area contributed by atoms with Gasteiger partial charge in [-0.25, -0.2) is 0 Å². The molecule has 152 valence electrons. The molecule has 2 saturated heterocycles. The topological polar surface area (TPSA) is 73.5 Å². The fourth-order valence-corrected chi connectivity index (χ4v) is 4.72. The average molecular weight is 393 g/mol. The van der Waals surface area contributed by atoms with Gasteiger partial charge in [0.15, 0.2) is 0 Å². The molecule has 1 aromatic carbocycles. The summed E-state index contributed by atoms with van der Waals surface area (Å²) in [5, 5.41) is 0. The SMILES string of the molecule is Cc1cc(C)c(C(=O)N2CCC3(CCN(CCc4ccccc4)C3=O)C2)c(=O)[nH]1. The summed E-state index contributed by atoms with van der Waals surface area (Å²) in [6.07, 6.45) is 2.28. The van der Waals surface area contributed by atoms with Crippen LogP contribution in [-0.2, 0) is 11.2 Å². The van der Waals surface area contributed by atoms with Gasteiger partial charge >= 0.3 is 0 Å². The van der Waals surface area contributed by atoms with E-state index in [0.717, 1.165) is 25.1 Å². The zero-order valence-electron chi connectivity index (χ0n) is 17.0. The smallest absolute Gasteiger partial charge is 0.261 e. The molecule has 1 unspecified atom stereocenters. The van der Waals surface area contributed by atoms with Gasteiger partial charge in [-0.2, -0.15) is 0 Å². The third kappa shape index (κ3) is 3.59. The predicted octanol–water partition coefficient (Wildman–Crippen LogP) is 2.30. The highest BCUT2D eigenvalue weighted by Gasteiger charge is 2.51. The number of nitrogens with one attached hydrogen (secondary N) is 1. The van der Waals surface area contributed by atoms with Crippen molar-refractivity contribution in [2.24, 2.45) is 5.41 Å². The van der Waals surface area contributed by atoms with Gasteiger partial charge in [-0.05, 0) is 50.3 Å². The van der Waals surface area contributed by atoms with E-state index in [2.05, 4.69) is 17.1 Å². The standard InChI is InChI=1S/C23H27N3O3/c1-16-14-17(2)24-20(27)19(16)21(28)26-13-10-23(15-26)9-12-25(22(23)29)11-8-18-6-4-3-5-7-18/h3-7,14H,8-13,15H2,1-2H3,(H,24,27). The van der Waals surface area contributed by atoms with Gasteiger partial charge in [0, 0.05) is 31.9 Å². The summed E-state index contributed by atoms with van der Waals surface area (Å²) in [5.41, 5.74) is 1.99. The fraction of sp³-hybridized carbons (Fsp3) is 0.435. The summed E-state index contributed by atoms with van der Waals surface area (Å²) in [7, 11) is 0. The van der Waals surface area contributed by atoms with Crippen molar-refractivity contribution in [3.8, 4) is 0 Å². The maximum absolute atomic E-state index is 13.2. The van der Waals surface area contributed by atoms with E-state index in [0.29, 0.717) is 31.6 Å². The van der Waals surface area contributed by atoms with Crippen molar-refractivity contribution in [3.05, 3.63) is 69.1 Å². The number of rotatable bonds is 4. The number of hydrogen-bond donors (Lipinski definition) is 1. The monoisotopic (exact) mass is 393 g/mol. The van der Waals surface area contributed by atoms with Crippen molar-refractivity contribution in [2.45, 2.75) is 33.1 Å². The molecule has 0 aliphatic carbocycles. The first-order valence-electron chi connectivity index (χ1n) is 10.2. The molecule has 1 atom stereocenters. The number of carbonyl (C=O) groups is 2. The molecule has 0 saturated carbocycles. The van der Waals surface area contributed by atoms with Gasteiger partial charge in [0.2, 0.25) is 5.91 Å². The van der Waals surface area contributed by atoms with Gasteiger partial charge in [0.1, 0.15) is 5.56 Å². The number of hydrogen-bond acceptors (Lipinski definition) is 3. The second-order valence-corrected chi connectivity index (χ2v) is 8.37. The van der Waals surface area contributed by atoms with Crippen molar-refractivity contribution < 1.29 is 9.59 Å². The van der Waals surface area contributed by atoms with E-state index in [4.69, 9.17) is 0 Å². The molecule has 1 aromatic heterocycles. The number of pyridine rings is 1. The lowest BCUT2D eigenvalue weighted by atomic mass is 9.85. The van der Waals surface area contributed by atoms with Crippen LogP contribution in [0, 0.1) is 19.3 Å². The maximum atomic E-state index is 13.2. The highest BCUT2D eigenvalue weighted by atomic mass is 16.2. The zero-order valence-corrected chi connectivity index (χ0v) is 17.0. The lowest BCUT2D eigenvalue weighted by molar-refractivity contribution is -0.135. The van der Waals surface area contributed by atoms with Crippen LogP contribution in [0.5, 0.6) is 0 Å². The van der Waals surface area contributed by atoms with Crippen molar-refractivity contribution >= 4 is 11.8 Å². The minimum Gasteiger partial charge on any atom is -0.342 e. The number of nitrogens with zero attached hydrogens (tertiary/aromatic N) is 2. The summed E-state index contributed by atoms with van der Waals surface area (Å²) < 4.78 is 0. The Bertz CT molecular complexity index is 998. The Labute approximate surface area is 170 Å². The maximum Gasteiger partial charge on any atom is 0.261 e. The van der Waals surface area contributed by atoms with Crippen molar-refractivity contribution in [3.63, 3.8) is 0 Å². The minimum atomic E-state index is -0.488. The quantitative estimate of drug-likeness (QED) is 0.866. The third-order valence-corrected chi connectivity index (χ3v) is 6.33. The van der Waals surface area contributed by atoms with E-state index in [1.54, 1.807) is 18.7 Å². The molecule has 29 heavy (non-hydrogen) atoms. The molecule has 2 amide bonds. The van der Waals surface area contributed by atoms with Gasteiger partial charge in [-0.3, -0.25) is 14.4 Å². The van der Waals surface area contributed by atoms with Crippen LogP contribution in [0.4, 0.5) is 0 Å². The number of H-pyrrole nitrogens is 1. The molecule has 4 rings (SSSR count). The number of aromatic amines is 1. The second-order valence-electron chi connectivity index (χ2n) is 8.37. The van der Waals surface area contributed by atoms with E-state index in [1.807, 2.05) is 29.2 Å². The van der Waals surface area contributed by atoms with E-state index in [1.165, 1.54) is 5.56 Å². The van der Waals surface area contributed by atoms with E-state index in [9.17, 15) is 14.4 Å². The van der Waals surface area contributed by atoms with Gasteiger partial charge in [-0.15, -0.1) is 0 Å². The van der Waals surface area contributed by atoms with E-state index in [-0.39, 0.29) is 22.9 Å². The molecule has 3 heterocycles. The summed E-state index contributed by atoms with van der Waals surface area (Å²) in [6.45, 7) is 5.94. The van der Waals surface area contributed by atoms with E-state index < -0.39 is 5.41 Å². The van der Waals surface area contributed by atoms with Crippen molar-refractivity contribution in [2.75, 3.05) is 26.2 Å². The Morgan fingerprint density at radius 3 is 2.55 bits per heavy atom. The Balaban J connectivity index is 1.44. The van der Waals surface area contributed by atoms with Gasteiger partial charge in [-0.1, -0.05) is 30.3 Å². The first-order valence-corrected chi connectivity index (χ1v) is 10.2. The summed E-state index contributed by atoms with van der Waals surface area (Å²) >= 11 is 0. The molecular weight excluding hydrogens is 366 g/mol. The summed E-state index contributed by atoms with van der Waals surface area (Å²) in [4.78, 5) is 44.8. The molecular formula is C23H27N3O3. The number of aryl methyl sites for hydroxylation is 2. The Morgan fingerprint density at radius 1 is 1.10 bits per heavy atom. The molecule has 2 fully saturated rings. The number of carbonyl (C=O) groups excluding carboxylic acids is 2. The van der Waals surface area contributed by atoms with Crippen LogP contribution in [0.15, 0.2) is 41.2 Å². The van der Waals surface area contributed by atoms with Gasteiger partial charge in [0.05, 0.1) is 5.41 Å². The van der Waals surface area contributed by atoms with Gasteiger partial charge < -0.3 is 14.8 Å². The molecule has 1 N–H and O–H groups in total. The average Bonchev–Trinajstić information content (AvgIpc) is 3.25. The molecule has 2 aliphatic heterocycles. The summed E-state index contributed by atoms with van der Waals surface area (Å²) in [6, 6.07) is 12.0. The first-order chi connectivity index (χ1) is 13.9. The lowest BCUT2D eigenvalue weighted by Crippen LogP contribution is -2.40. The lowest BCUT2D eigenvalue weighted by Gasteiger charge is -2.24. The van der Waals surface area contributed by atoms with Gasteiger partial charge in [0.25, 0.3) is 11.5 Å². The molecule has 6 heteroatoms. The first kappa shape index (κ1) is 19.4. The fourth-order valence-electron chi connectivity index (χ4n) is 4.72. The van der Waals surface area contributed by atoms with Crippen LogP contribution < -0.4 is 5.56 Å². The number of amides is 2. The van der Waals surface area contributed by atoms with Crippen LogP contribution in [0.3, 0.4) is 0 Å². The number of likely N-dealkylation sites (tertiary alicyclic amines) is 2. The number of aromatic nitrogens is 1. The van der Waals surface area contributed by atoms with Crippen LogP contribution in [0.25, 0.3) is 0 Å². The van der Waals surface area contributed by atoms with E-state index >= 15 is 0 Å². The molecule has 1 spiro atoms. The molecule has 2 aromatic rings. The molecule has 0 bridgehead atoms.